The van der Waals surface area contributed by atoms with Crippen molar-refractivity contribution in [3.8, 4) is 0 Å². The molecule has 0 radical (unpaired) electrons. The van der Waals surface area contributed by atoms with Crippen LogP contribution in [-0.4, -0.2) is 29.4 Å². The molecule has 1 aliphatic rings. The Balaban J connectivity index is 2.20. The highest BCUT2D eigenvalue weighted by atomic mass is 16.7. The molecule has 18 heavy (non-hydrogen) atoms. The van der Waals surface area contributed by atoms with Crippen molar-refractivity contribution < 1.29 is 19.5 Å². The van der Waals surface area contributed by atoms with E-state index in [2.05, 4.69) is 15.3 Å². The Hall–Kier alpha value is -1.59. The van der Waals surface area contributed by atoms with Gasteiger partial charge in [0.15, 0.2) is 0 Å². The zero-order valence-electron chi connectivity index (χ0n) is 10.8. The summed E-state index contributed by atoms with van der Waals surface area (Å²) in [6.07, 6.45) is 2.46. The number of rotatable bonds is 4. The quantitative estimate of drug-likeness (QED) is 0.457. The largest absolute Gasteiger partial charge is 0.481 e. The number of nitrogens with one attached hydrogen (secondary N) is 1. The van der Waals surface area contributed by atoms with E-state index in [1.165, 1.54) is 0 Å². The fraction of sp³-hybridized carbons (Fsp3) is 0.750. The molecule has 0 aromatic rings. The number of carboxylic acid groups (broad SMARTS) is 1. The van der Waals surface area contributed by atoms with E-state index < -0.39 is 12.1 Å². The Labute approximate surface area is 106 Å². The molecule has 6 nitrogen and oxygen atoms in total. The van der Waals surface area contributed by atoms with Crippen molar-refractivity contribution in [2.45, 2.75) is 39.5 Å². The van der Waals surface area contributed by atoms with Gasteiger partial charge in [-0.15, -0.1) is 0 Å². The summed E-state index contributed by atoms with van der Waals surface area (Å²) in [7, 11) is 0. The Kier molecular flexibility index (Phi) is 5.61. The fourth-order valence-corrected chi connectivity index (χ4v) is 2.01. The number of carbonyl (C=O) groups is 2. The molecule has 1 saturated carbocycles. The highest BCUT2D eigenvalue weighted by molar-refractivity contribution is 5.79. The van der Waals surface area contributed by atoms with Crippen LogP contribution in [-0.2, 0) is 9.63 Å². The first-order valence-corrected chi connectivity index (χ1v) is 6.18. The van der Waals surface area contributed by atoms with Gasteiger partial charge in [0.1, 0.15) is 0 Å². The molecular formula is C12H20N2O4. The summed E-state index contributed by atoms with van der Waals surface area (Å²) in [5.41, 5.74) is 0.673. The minimum absolute atomic E-state index is 0.222. The van der Waals surface area contributed by atoms with E-state index in [-0.39, 0.29) is 5.92 Å². The van der Waals surface area contributed by atoms with Crippen LogP contribution in [0.1, 0.15) is 39.5 Å². The molecular weight excluding hydrogens is 236 g/mol. The molecule has 0 spiro atoms. The van der Waals surface area contributed by atoms with Gasteiger partial charge in [0.25, 0.3) is 0 Å². The summed E-state index contributed by atoms with van der Waals surface area (Å²) in [6.45, 7) is 3.99. The summed E-state index contributed by atoms with van der Waals surface area (Å²) in [5, 5.41) is 15.0. The minimum atomic E-state index is -0.714. The van der Waals surface area contributed by atoms with Gasteiger partial charge in [0, 0.05) is 6.54 Å². The molecule has 0 aromatic heterocycles. The fourth-order valence-electron chi connectivity index (χ4n) is 2.01. The molecule has 0 unspecified atom stereocenters. The summed E-state index contributed by atoms with van der Waals surface area (Å²) in [5.74, 6) is -0.603. The van der Waals surface area contributed by atoms with Crippen molar-refractivity contribution >= 4 is 17.8 Å². The molecule has 0 heterocycles. The second kappa shape index (κ2) is 6.98. The molecule has 0 atom stereocenters. The summed E-state index contributed by atoms with van der Waals surface area (Å²) >= 11 is 0. The standard InChI is InChI=1S/C12H20N2O4/c1-8(2)14-18-12(17)13-7-9-3-5-10(6-4-9)11(15)16/h9-10H,3-7H2,1-2H3,(H,13,17)(H,15,16). The molecule has 2 N–H and O–H groups in total. The van der Waals surface area contributed by atoms with E-state index >= 15 is 0 Å². The molecule has 0 aliphatic heterocycles. The Morgan fingerprint density at radius 3 is 2.39 bits per heavy atom. The maximum atomic E-state index is 11.2. The molecule has 1 rings (SSSR count). The molecule has 0 aromatic carbocycles. The number of hydrogen-bond acceptors (Lipinski definition) is 4. The average molecular weight is 256 g/mol. The number of nitrogens with zero attached hydrogens (tertiary/aromatic N) is 1. The topological polar surface area (TPSA) is 88.0 Å². The van der Waals surface area contributed by atoms with Crippen molar-refractivity contribution in [3.63, 3.8) is 0 Å². The first-order valence-electron chi connectivity index (χ1n) is 6.18. The maximum absolute atomic E-state index is 11.2. The molecule has 0 bridgehead atoms. The molecule has 1 amide bonds. The minimum Gasteiger partial charge on any atom is -0.481 e. The van der Waals surface area contributed by atoms with Gasteiger partial charge in [-0.3, -0.25) is 9.63 Å². The van der Waals surface area contributed by atoms with E-state index in [4.69, 9.17) is 5.11 Å². The van der Waals surface area contributed by atoms with Gasteiger partial charge in [-0.05, 0) is 45.4 Å². The monoisotopic (exact) mass is 256 g/mol. The molecule has 0 saturated heterocycles. The Morgan fingerprint density at radius 1 is 1.28 bits per heavy atom. The van der Waals surface area contributed by atoms with Gasteiger partial charge >= 0.3 is 12.1 Å². The van der Waals surface area contributed by atoms with E-state index in [1.807, 2.05) is 0 Å². The van der Waals surface area contributed by atoms with Gasteiger partial charge < -0.3 is 10.4 Å². The van der Waals surface area contributed by atoms with E-state index in [1.54, 1.807) is 13.8 Å². The Bertz CT molecular complexity index is 329. The van der Waals surface area contributed by atoms with E-state index in [9.17, 15) is 9.59 Å². The van der Waals surface area contributed by atoms with E-state index in [0.29, 0.717) is 31.0 Å². The first-order chi connectivity index (χ1) is 8.49. The van der Waals surface area contributed by atoms with Crippen molar-refractivity contribution in [3.05, 3.63) is 0 Å². The van der Waals surface area contributed by atoms with Crippen LogP contribution in [0.3, 0.4) is 0 Å². The lowest BCUT2D eigenvalue weighted by molar-refractivity contribution is -0.143. The van der Waals surface area contributed by atoms with Gasteiger partial charge in [-0.25, -0.2) is 4.79 Å². The van der Waals surface area contributed by atoms with Crippen LogP contribution in [0.4, 0.5) is 4.79 Å². The molecule has 6 heteroatoms. The third-order valence-corrected chi connectivity index (χ3v) is 3.04. The lowest BCUT2D eigenvalue weighted by Crippen LogP contribution is -2.32. The van der Waals surface area contributed by atoms with Crippen LogP contribution in [0.25, 0.3) is 0 Å². The first kappa shape index (κ1) is 14.5. The summed E-state index contributed by atoms with van der Waals surface area (Å²) in [4.78, 5) is 26.6. The Morgan fingerprint density at radius 2 is 1.89 bits per heavy atom. The van der Waals surface area contributed by atoms with Gasteiger partial charge in [0.2, 0.25) is 0 Å². The number of amides is 1. The van der Waals surface area contributed by atoms with Crippen LogP contribution in [0, 0.1) is 11.8 Å². The van der Waals surface area contributed by atoms with Gasteiger partial charge in [-0.1, -0.05) is 5.16 Å². The third-order valence-electron chi connectivity index (χ3n) is 3.04. The van der Waals surface area contributed by atoms with E-state index in [0.717, 1.165) is 12.8 Å². The summed E-state index contributed by atoms with van der Waals surface area (Å²) < 4.78 is 0. The van der Waals surface area contributed by atoms with Crippen molar-refractivity contribution in [2.75, 3.05) is 6.54 Å². The van der Waals surface area contributed by atoms with Gasteiger partial charge in [0.05, 0.1) is 11.6 Å². The van der Waals surface area contributed by atoms with Crippen LogP contribution in [0.5, 0.6) is 0 Å². The highest BCUT2D eigenvalue weighted by Crippen LogP contribution is 2.28. The van der Waals surface area contributed by atoms with Crippen LogP contribution in [0.2, 0.25) is 0 Å². The predicted octanol–water partition coefficient (Wildman–Crippen LogP) is 2.00. The average Bonchev–Trinajstić information content (AvgIpc) is 2.34. The lowest BCUT2D eigenvalue weighted by Gasteiger charge is -2.25. The number of carbonyl (C=O) groups excluding carboxylic acids is 1. The van der Waals surface area contributed by atoms with Crippen LogP contribution < -0.4 is 5.32 Å². The third kappa shape index (κ3) is 5.16. The second-order valence-corrected chi connectivity index (χ2v) is 4.85. The smallest absolute Gasteiger partial charge is 0.433 e. The normalized spacial score (nSPS) is 23.0. The van der Waals surface area contributed by atoms with Crippen LogP contribution >= 0.6 is 0 Å². The molecule has 102 valence electrons. The lowest BCUT2D eigenvalue weighted by atomic mass is 9.82. The van der Waals surface area contributed by atoms with Crippen molar-refractivity contribution in [1.82, 2.24) is 5.32 Å². The zero-order chi connectivity index (χ0) is 13.5. The van der Waals surface area contributed by atoms with Crippen molar-refractivity contribution in [2.24, 2.45) is 17.0 Å². The number of aliphatic carboxylic acids is 1. The number of carboxylic acids is 1. The maximum Gasteiger partial charge on any atom is 0.433 e. The predicted molar refractivity (Wildman–Crippen MR) is 66.4 cm³/mol. The van der Waals surface area contributed by atoms with Crippen molar-refractivity contribution in [1.29, 1.82) is 0 Å². The molecule has 1 aliphatic carbocycles. The summed E-state index contributed by atoms with van der Waals surface area (Å²) in [6, 6.07) is 0. The van der Waals surface area contributed by atoms with Gasteiger partial charge in [-0.2, -0.15) is 0 Å². The number of hydrogen-bond donors (Lipinski definition) is 2. The molecule has 1 fully saturated rings. The number of oxime groups is 1. The zero-order valence-corrected chi connectivity index (χ0v) is 10.8. The highest BCUT2D eigenvalue weighted by Gasteiger charge is 2.26. The second-order valence-electron chi connectivity index (χ2n) is 4.85. The van der Waals surface area contributed by atoms with Crippen LogP contribution in [0.15, 0.2) is 5.16 Å². The SMILES string of the molecule is CC(C)=NOC(=O)NCC1CCC(C(=O)O)CC1.